The topological polar surface area (TPSA) is 65.0 Å². The van der Waals surface area contributed by atoms with Crippen LogP contribution in [0.5, 0.6) is 11.5 Å². The summed E-state index contributed by atoms with van der Waals surface area (Å²) in [5.41, 5.74) is 0.297. The van der Waals surface area contributed by atoms with Gasteiger partial charge in [0.1, 0.15) is 17.1 Å². The number of carbonyl (C=O) groups excluding carboxylic acids is 1. The van der Waals surface area contributed by atoms with E-state index in [-0.39, 0.29) is 0 Å². The van der Waals surface area contributed by atoms with Gasteiger partial charge in [-0.05, 0) is 12.1 Å². The lowest BCUT2D eigenvalue weighted by molar-refractivity contribution is 0.0597. The third-order valence-corrected chi connectivity index (χ3v) is 1.77. The van der Waals surface area contributed by atoms with Crippen molar-refractivity contribution in [2.75, 3.05) is 14.2 Å². The van der Waals surface area contributed by atoms with Crippen molar-refractivity contribution in [3.05, 3.63) is 23.8 Å². The Labute approximate surface area is 87.9 Å². The predicted octanol–water partition coefficient (Wildman–Crippen LogP) is 0.387. The van der Waals surface area contributed by atoms with Gasteiger partial charge >= 0.3 is 13.7 Å². The van der Waals surface area contributed by atoms with Crippen molar-refractivity contribution in [3.8, 4) is 11.5 Å². The summed E-state index contributed by atoms with van der Waals surface area (Å²) in [6.45, 7) is 0. The van der Waals surface area contributed by atoms with Gasteiger partial charge in [0.25, 0.3) is 0 Å². The highest BCUT2D eigenvalue weighted by molar-refractivity contribution is 6.17. The van der Waals surface area contributed by atoms with Crippen LogP contribution in [0, 0.1) is 0 Å². The maximum Gasteiger partial charge on any atom is 0.569 e. The second-order valence-corrected chi connectivity index (χ2v) is 2.58. The molecule has 5 nitrogen and oxygen atoms in total. The van der Waals surface area contributed by atoms with Crippen LogP contribution in [-0.4, -0.2) is 32.9 Å². The second-order valence-electron chi connectivity index (χ2n) is 2.58. The Balaban J connectivity index is 3.03. The zero-order valence-electron chi connectivity index (χ0n) is 8.39. The first-order valence-electron chi connectivity index (χ1n) is 4.11. The Morgan fingerprint density at radius 3 is 2.67 bits per heavy atom. The van der Waals surface area contributed by atoms with Gasteiger partial charge in [-0.3, -0.25) is 0 Å². The van der Waals surface area contributed by atoms with E-state index in [1.165, 1.54) is 32.4 Å². The third kappa shape index (κ3) is 2.63. The lowest BCUT2D eigenvalue weighted by Gasteiger charge is -2.08. The van der Waals surface area contributed by atoms with Crippen molar-refractivity contribution >= 4 is 13.7 Å². The maximum atomic E-state index is 11.3. The molecule has 1 rings (SSSR count). The van der Waals surface area contributed by atoms with Gasteiger partial charge in [-0.2, -0.15) is 0 Å². The Morgan fingerprint density at radius 2 is 2.13 bits per heavy atom. The molecule has 79 valence electrons. The molecule has 0 aromatic heterocycles. The van der Waals surface area contributed by atoms with E-state index < -0.39 is 5.97 Å². The normalized spacial score (nSPS) is 9.27. The number of esters is 1. The van der Waals surface area contributed by atoms with Gasteiger partial charge in [-0.1, -0.05) is 0 Å². The van der Waals surface area contributed by atoms with Crippen molar-refractivity contribution in [2.45, 2.75) is 0 Å². The molecule has 0 aliphatic carbocycles. The molecule has 15 heavy (non-hydrogen) atoms. The van der Waals surface area contributed by atoms with E-state index in [0.717, 1.165) is 0 Å². The molecule has 0 saturated heterocycles. The van der Waals surface area contributed by atoms with Crippen LogP contribution in [0.4, 0.5) is 0 Å². The van der Waals surface area contributed by atoms with Gasteiger partial charge in [-0.15, -0.1) is 0 Å². The molecule has 0 heterocycles. The lowest BCUT2D eigenvalue weighted by atomic mass is 10.2. The molecule has 1 N–H and O–H groups in total. The fourth-order valence-electron chi connectivity index (χ4n) is 1.08. The van der Waals surface area contributed by atoms with Gasteiger partial charge in [0.2, 0.25) is 0 Å². The van der Waals surface area contributed by atoms with Crippen molar-refractivity contribution in [1.82, 2.24) is 0 Å². The minimum Gasteiger partial charge on any atom is -0.537 e. The maximum absolute atomic E-state index is 11.3. The Bertz CT molecular complexity index is 352. The number of hydrogen-bond donors (Lipinski definition) is 1. The number of methoxy groups -OCH3 is 2. The summed E-state index contributed by atoms with van der Waals surface area (Å²) in [6.07, 6.45) is 0. The number of rotatable bonds is 4. The SMILES string of the molecule is COC(=O)c1ccc(O[B]O)cc1OC. The molecule has 0 saturated carbocycles. The van der Waals surface area contributed by atoms with Crippen LogP contribution in [0.2, 0.25) is 0 Å². The standard InChI is InChI=1S/C9H10BO5/c1-13-8-5-6(15-10-12)3-4-7(8)9(11)14-2/h3-5,12H,1-2H3. The molecule has 6 heteroatoms. The highest BCUT2D eigenvalue weighted by atomic mass is 16.5. The van der Waals surface area contributed by atoms with Crippen LogP contribution in [0.1, 0.15) is 10.4 Å². The molecule has 0 spiro atoms. The minimum atomic E-state index is -0.494. The zero-order chi connectivity index (χ0) is 11.3. The van der Waals surface area contributed by atoms with E-state index in [1.54, 1.807) is 0 Å². The predicted molar refractivity (Wildman–Crippen MR) is 52.9 cm³/mol. The molecule has 0 unspecified atom stereocenters. The molecule has 1 aromatic rings. The first-order chi connectivity index (χ1) is 7.22. The van der Waals surface area contributed by atoms with Crippen LogP contribution >= 0.6 is 0 Å². The van der Waals surface area contributed by atoms with Crippen molar-refractivity contribution < 1.29 is 23.9 Å². The summed E-state index contributed by atoms with van der Waals surface area (Å²) >= 11 is 0. The fourth-order valence-corrected chi connectivity index (χ4v) is 1.08. The average molecular weight is 209 g/mol. The van der Waals surface area contributed by atoms with Crippen LogP contribution < -0.4 is 9.39 Å². The lowest BCUT2D eigenvalue weighted by Crippen LogP contribution is -2.05. The minimum absolute atomic E-state index is 0.297. The van der Waals surface area contributed by atoms with Gasteiger partial charge in [0.05, 0.1) is 14.2 Å². The Morgan fingerprint density at radius 1 is 1.40 bits per heavy atom. The quantitative estimate of drug-likeness (QED) is 0.573. The smallest absolute Gasteiger partial charge is 0.537 e. The van der Waals surface area contributed by atoms with Crippen molar-refractivity contribution in [2.24, 2.45) is 0 Å². The molecule has 0 bridgehead atoms. The second kappa shape index (κ2) is 5.26. The van der Waals surface area contributed by atoms with E-state index in [1.807, 2.05) is 0 Å². The van der Waals surface area contributed by atoms with Gasteiger partial charge in [0.15, 0.2) is 0 Å². The average Bonchev–Trinajstić information content (AvgIpc) is 2.28. The van der Waals surface area contributed by atoms with Crippen LogP contribution in [-0.2, 0) is 4.74 Å². The number of benzene rings is 1. The van der Waals surface area contributed by atoms with E-state index in [9.17, 15) is 4.79 Å². The number of carbonyl (C=O) groups is 1. The first-order valence-corrected chi connectivity index (χ1v) is 4.11. The molecular weight excluding hydrogens is 199 g/mol. The van der Waals surface area contributed by atoms with E-state index >= 15 is 0 Å². The molecule has 0 fully saturated rings. The van der Waals surface area contributed by atoms with Crippen molar-refractivity contribution in [1.29, 1.82) is 0 Å². The summed E-state index contributed by atoms with van der Waals surface area (Å²) in [5, 5.41) is 8.43. The molecule has 0 aliphatic heterocycles. The monoisotopic (exact) mass is 209 g/mol. The molecule has 0 atom stereocenters. The van der Waals surface area contributed by atoms with E-state index in [2.05, 4.69) is 4.74 Å². The highest BCUT2D eigenvalue weighted by Gasteiger charge is 2.13. The molecule has 1 radical (unpaired) electrons. The third-order valence-electron chi connectivity index (χ3n) is 1.77. The van der Waals surface area contributed by atoms with E-state index in [4.69, 9.17) is 14.4 Å². The molecular formula is C9H10BO5. The summed E-state index contributed by atoms with van der Waals surface area (Å²) in [4.78, 5) is 11.3. The van der Waals surface area contributed by atoms with Gasteiger partial charge in [-0.25, -0.2) is 4.79 Å². The fraction of sp³-hybridized carbons (Fsp3) is 0.222. The van der Waals surface area contributed by atoms with Crippen LogP contribution in [0.15, 0.2) is 18.2 Å². The summed E-state index contributed by atoms with van der Waals surface area (Å²) in [5.74, 6) is 0.189. The summed E-state index contributed by atoms with van der Waals surface area (Å²) < 4.78 is 14.3. The van der Waals surface area contributed by atoms with Crippen LogP contribution in [0.25, 0.3) is 0 Å². The number of hydrogen-bond acceptors (Lipinski definition) is 5. The highest BCUT2D eigenvalue weighted by Crippen LogP contribution is 2.24. The largest absolute Gasteiger partial charge is 0.569 e. The Kier molecular flexibility index (Phi) is 3.99. The van der Waals surface area contributed by atoms with Gasteiger partial charge in [0, 0.05) is 6.07 Å². The molecule has 0 amide bonds. The van der Waals surface area contributed by atoms with Crippen LogP contribution in [0.3, 0.4) is 0 Å². The van der Waals surface area contributed by atoms with E-state index in [0.29, 0.717) is 24.7 Å². The van der Waals surface area contributed by atoms with Crippen molar-refractivity contribution in [3.63, 3.8) is 0 Å². The summed E-state index contributed by atoms with van der Waals surface area (Å²) in [6, 6.07) is 4.48. The molecule has 1 aromatic carbocycles. The summed E-state index contributed by atoms with van der Waals surface area (Å²) in [7, 11) is 3.26. The molecule has 0 aliphatic rings. The van der Waals surface area contributed by atoms with Gasteiger partial charge < -0.3 is 19.2 Å². The Hall–Kier alpha value is -1.69. The first kappa shape index (κ1) is 11.4. The zero-order valence-corrected chi connectivity index (χ0v) is 8.39. The number of ether oxygens (including phenoxy) is 2.